The molecule has 16 heavy (non-hydrogen) atoms. The number of hydrogen-bond donors (Lipinski definition) is 0. The second-order valence-corrected chi connectivity index (χ2v) is 2.25. The summed E-state index contributed by atoms with van der Waals surface area (Å²) in [6.07, 6.45) is 0. The van der Waals surface area contributed by atoms with E-state index in [0.29, 0.717) is 0 Å². The van der Waals surface area contributed by atoms with Crippen LogP contribution in [0.3, 0.4) is 0 Å². The second-order valence-electron chi connectivity index (χ2n) is 0.750. The average molecular weight is 354 g/mol. The maximum absolute atomic E-state index is 8.52. The molecule has 0 aromatic heterocycles. The summed E-state index contributed by atoms with van der Waals surface area (Å²) in [6, 6.07) is 0. The van der Waals surface area contributed by atoms with Crippen LogP contribution in [0.25, 0.3) is 0 Å². The first kappa shape index (κ1) is 42.7. The fourth-order valence-electron chi connectivity index (χ4n) is 0. The van der Waals surface area contributed by atoms with Gasteiger partial charge in [0.05, 0.1) is 0 Å². The summed E-state index contributed by atoms with van der Waals surface area (Å²) in [5, 5.41) is 0. The van der Waals surface area contributed by atoms with E-state index < -0.39 is 27.5 Å². The van der Waals surface area contributed by atoms with Crippen LogP contribution in [0.4, 0.5) is 0 Å². The first-order chi connectivity index (χ1) is 5.20. The Balaban J connectivity index is -0.0000000135. The quantitative estimate of drug-likeness (QED) is 0.380. The van der Waals surface area contributed by atoms with Gasteiger partial charge in [0.25, 0.3) is 0 Å². The van der Waals surface area contributed by atoms with Gasteiger partial charge in [0.1, 0.15) is 0 Å². The fourth-order valence-corrected chi connectivity index (χ4v) is 0. The van der Waals surface area contributed by atoms with Gasteiger partial charge in [0.2, 0.25) is 0 Å². The molecule has 0 unspecified atom stereocenters. The summed E-state index contributed by atoms with van der Waals surface area (Å²) in [5.74, 6) is 0. The van der Waals surface area contributed by atoms with Gasteiger partial charge in [-0.15, -0.1) is 0 Å². The molecule has 0 amide bonds. The third kappa shape index (κ3) is 410. The maximum Gasteiger partial charge on any atom is 2.00 e. The molecule has 0 radical (unpaired) electrons. The molecular weight excluding hydrogens is 354 g/mol. The Labute approximate surface area is 200 Å². The predicted octanol–water partition coefficient (Wildman–Crippen LogP) is -15.4. The summed E-state index contributed by atoms with van der Waals surface area (Å²) in [4.78, 5) is 51.1. The molecule has 0 atom stereocenters. The summed E-state index contributed by atoms with van der Waals surface area (Å²) in [6.45, 7) is 0. The predicted molar refractivity (Wildman–Crippen MR) is 30.8 cm³/mol. The van der Waals surface area contributed by atoms with Gasteiger partial charge in [-0.25, -0.2) is 0 Å². The number of rotatable bonds is 0. The first-order valence-corrected chi connectivity index (χ1v) is 5.51. The van der Waals surface area contributed by atoms with Gasteiger partial charge in [-0.3, -0.25) is 0 Å². The van der Waals surface area contributed by atoms with E-state index in [0.717, 1.165) is 0 Å². The molecular formula is Ca2Na2O9Si3. The van der Waals surface area contributed by atoms with E-state index in [9.17, 15) is 0 Å². The Morgan fingerprint density at radius 2 is 0.500 bits per heavy atom. The molecule has 0 spiro atoms. The van der Waals surface area contributed by atoms with Crippen LogP contribution in [0.5, 0.6) is 0 Å². The van der Waals surface area contributed by atoms with Gasteiger partial charge < -0.3 is 42.2 Å². The largest absolute Gasteiger partial charge is 2.00 e. The molecule has 0 heterocycles. The number of hydrogen-bond acceptors (Lipinski definition) is 9. The van der Waals surface area contributed by atoms with E-state index in [1.54, 1.807) is 0 Å². The van der Waals surface area contributed by atoms with Gasteiger partial charge in [0.15, 0.2) is 0 Å². The second kappa shape index (κ2) is 36.2. The summed E-state index contributed by atoms with van der Waals surface area (Å²) < 4.78 is 25.6. The third-order valence-corrected chi connectivity index (χ3v) is 0. The van der Waals surface area contributed by atoms with E-state index in [2.05, 4.69) is 0 Å². The zero-order valence-corrected chi connectivity index (χ0v) is 20.0. The summed E-state index contributed by atoms with van der Waals surface area (Å²) >= 11 is 0. The Morgan fingerprint density at radius 1 is 0.500 bits per heavy atom. The van der Waals surface area contributed by atoms with Crippen molar-refractivity contribution in [2.45, 2.75) is 0 Å². The Bertz CT molecular complexity index is 124. The normalized spacial score (nSPS) is 4.50. The van der Waals surface area contributed by atoms with Crippen molar-refractivity contribution in [1.29, 1.82) is 0 Å². The standard InChI is InChI=1S/2Ca.2Na.3O3Si/c;;;;3*1-4(2)3/q2*+2;2*+1;3*-2. The molecule has 72 valence electrons. The molecule has 0 aromatic carbocycles. The van der Waals surface area contributed by atoms with Crippen molar-refractivity contribution in [3.05, 3.63) is 0 Å². The van der Waals surface area contributed by atoms with Crippen molar-refractivity contribution in [3.8, 4) is 0 Å². The van der Waals surface area contributed by atoms with Crippen LogP contribution in [-0.2, 0) is 13.4 Å². The molecule has 0 aliphatic rings. The van der Waals surface area contributed by atoms with Crippen LogP contribution >= 0.6 is 0 Å². The molecule has 0 aliphatic carbocycles. The molecule has 0 aliphatic heterocycles. The topological polar surface area (TPSA) is 190 Å². The first-order valence-electron chi connectivity index (χ1n) is 1.84. The molecule has 0 N–H and O–H groups in total. The minimum absolute atomic E-state index is 0. The molecule has 0 saturated heterocycles. The molecule has 0 rings (SSSR count). The zero-order chi connectivity index (χ0) is 10.7. The minimum atomic E-state index is -3.63. The van der Waals surface area contributed by atoms with E-state index in [4.69, 9.17) is 42.2 Å². The van der Waals surface area contributed by atoms with Crippen LogP contribution in [0.2, 0.25) is 0 Å². The van der Waals surface area contributed by atoms with Crippen LogP contribution in [-0.4, -0.2) is 103 Å². The monoisotopic (exact) mass is 354 g/mol. The van der Waals surface area contributed by atoms with Crippen LogP contribution in [0.15, 0.2) is 0 Å². The third-order valence-electron chi connectivity index (χ3n) is 0. The Kier molecular flexibility index (Phi) is 96.7. The Morgan fingerprint density at radius 3 is 0.500 bits per heavy atom. The van der Waals surface area contributed by atoms with E-state index in [1.165, 1.54) is 0 Å². The van der Waals surface area contributed by atoms with Gasteiger partial charge in [0, 0.05) is 27.5 Å². The van der Waals surface area contributed by atoms with E-state index in [1.807, 2.05) is 0 Å². The smallest absolute Gasteiger partial charge is 0.672 e. The maximum atomic E-state index is 8.52. The molecule has 16 heteroatoms. The molecule has 9 nitrogen and oxygen atoms in total. The SMILES string of the molecule is O=[Si]([O-])[O-].O=[Si]([O-])[O-].O=[Si]([O-])[O-].[Ca+2].[Ca+2].[Na+].[Na+]. The molecule has 0 saturated carbocycles. The van der Waals surface area contributed by atoms with Gasteiger partial charge in [-0.1, -0.05) is 0 Å². The summed E-state index contributed by atoms with van der Waals surface area (Å²) in [5.41, 5.74) is 0. The van der Waals surface area contributed by atoms with Crippen molar-refractivity contribution >= 4 is 103 Å². The Hall–Kier alpha value is 3.37. The van der Waals surface area contributed by atoms with Gasteiger partial charge in [-0.2, -0.15) is 0 Å². The average Bonchev–Trinajstić information content (AvgIpc) is 1.54. The van der Waals surface area contributed by atoms with Crippen LogP contribution < -0.4 is 87.9 Å². The summed E-state index contributed by atoms with van der Waals surface area (Å²) in [7, 11) is -10.9. The van der Waals surface area contributed by atoms with Crippen LogP contribution in [0.1, 0.15) is 0 Å². The fraction of sp³-hybridized carbons (Fsp3) is 0. The van der Waals surface area contributed by atoms with Gasteiger partial charge >= 0.3 is 135 Å². The minimum Gasteiger partial charge on any atom is -0.672 e. The van der Waals surface area contributed by atoms with Crippen LogP contribution in [0, 0.1) is 0 Å². The van der Waals surface area contributed by atoms with Crippen molar-refractivity contribution in [3.63, 3.8) is 0 Å². The zero-order valence-electron chi connectivity index (χ0n) is 8.59. The molecule has 0 aromatic rings. The van der Waals surface area contributed by atoms with Gasteiger partial charge in [-0.05, 0) is 0 Å². The van der Waals surface area contributed by atoms with Crippen molar-refractivity contribution < 1.29 is 101 Å². The van der Waals surface area contributed by atoms with E-state index in [-0.39, 0.29) is 135 Å². The van der Waals surface area contributed by atoms with Crippen molar-refractivity contribution in [2.24, 2.45) is 0 Å². The molecule has 0 fully saturated rings. The molecule has 0 bridgehead atoms. The van der Waals surface area contributed by atoms with Crippen molar-refractivity contribution in [1.82, 2.24) is 0 Å². The van der Waals surface area contributed by atoms with E-state index >= 15 is 0 Å². The van der Waals surface area contributed by atoms with Crippen molar-refractivity contribution in [2.75, 3.05) is 0 Å².